The number of benzene rings is 1. The highest BCUT2D eigenvalue weighted by Crippen LogP contribution is 2.15. The van der Waals surface area contributed by atoms with Crippen molar-refractivity contribution in [1.29, 1.82) is 0 Å². The zero-order valence-electron chi connectivity index (χ0n) is 9.29. The molecule has 0 bridgehead atoms. The summed E-state index contributed by atoms with van der Waals surface area (Å²) in [5.74, 6) is 0.316. The van der Waals surface area contributed by atoms with Crippen LogP contribution in [0.3, 0.4) is 0 Å². The normalized spacial score (nSPS) is 17.3. The molecule has 1 aromatic carbocycles. The summed E-state index contributed by atoms with van der Waals surface area (Å²) in [6, 6.07) is 8.38. The molecule has 0 N–H and O–H groups in total. The molecule has 0 atom stereocenters. The Morgan fingerprint density at radius 3 is 2.94 bits per heavy atom. The molecule has 1 aromatic rings. The molecule has 0 radical (unpaired) electrons. The molecule has 3 heteroatoms. The molecule has 1 amide bonds. The van der Waals surface area contributed by atoms with Gasteiger partial charge in [0, 0.05) is 23.1 Å². The minimum absolute atomic E-state index is 0.316. The van der Waals surface area contributed by atoms with Gasteiger partial charge < -0.3 is 4.90 Å². The van der Waals surface area contributed by atoms with Crippen molar-refractivity contribution in [3.8, 4) is 0 Å². The van der Waals surface area contributed by atoms with E-state index in [9.17, 15) is 4.79 Å². The molecule has 1 saturated heterocycles. The highest BCUT2D eigenvalue weighted by atomic mass is 127. The first-order valence-corrected chi connectivity index (χ1v) is 6.86. The van der Waals surface area contributed by atoms with Crippen molar-refractivity contribution in [1.82, 2.24) is 4.90 Å². The molecule has 0 spiro atoms. The van der Waals surface area contributed by atoms with Gasteiger partial charge in [-0.1, -0.05) is 18.6 Å². The first-order chi connectivity index (χ1) is 7.75. The van der Waals surface area contributed by atoms with Crippen molar-refractivity contribution in [2.24, 2.45) is 0 Å². The van der Waals surface area contributed by atoms with Gasteiger partial charge in [0.1, 0.15) is 0 Å². The van der Waals surface area contributed by atoms with Gasteiger partial charge in [0.25, 0.3) is 0 Å². The molecule has 86 valence electrons. The molecular formula is C13H16INO. The van der Waals surface area contributed by atoms with E-state index in [1.165, 1.54) is 15.6 Å². The fraction of sp³-hybridized carbons (Fsp3) is 0.462. The van der Waals surface area contributed by atoms with E-state index in [1.807, 2.05) is 4.90 Å². The van der Waals surface area contributed by atoms with E-state index in [2.05, 4.69) is 46.9 Å². The lowest BCUT2D eigenvalue weighted by atomic mass is 10.2. The lowest BCUT2D eigenvalue weighted by molar-refractivity contribution is -0.131. The van der Waals surface area contributed by atoms with Crippen molar-refractivity contribution in [3.63, 3.8) is 0 Å². The molecule has 16 heavy (non-hydrogen) atoms. The Kier molecular flexibility index (Phi) is 4.21. The number of likely N-dealkylation sites (tertiary alicyclic amines) is 1. The smallest absolute Gasteiger partial charge is 0.222 e. The van der Waals surface area contributed by atoms with E-state index in [-0.39, 0.29) is 0 Å². The Morgan fingerprint density at radius 2 is 2.12 bits per heavy atom. The minimum atomic E-state index is 0.316. The maximum Gasteiger partial charge on any atom is 0.222 e. The second kappa shape index (κ2) is 5.66. The lowest BCUT2D eigenvalue weighted by Crippen LogP contribution is -2.29. The van der Waals surface area contributed by atoms with E-state index < -0.39 is 0 Å². The van der Waals surface area contributed by atoms with Crippen molar-refractivity contribution in [3.05, 3.63) is 33.4 Å². The summed E-state index contributed by atoms with van der Waals surface area (Å²) in [5.41, 5.74) is 1.24. The highest BCUT2D eigenvalue weighted by Gasteiger charge is 2.16. The van der Waals surface area contributed by atoms with E-state index in [0.29, 0.717) is 5.91 Å². The van der Waals surface area contributed by atoms with Crippen LogP contribution in [0.5, 0.6) is 0 Å². The first-order valence-electron chi connectivity index (χ1n) is 5.78. The number of carbonyl (C=O) groups is 1. The van der Waals surface area contributed by atoms with Gasteiger partial charge in [-0.3, -0.25) is 4.79 Å². The van der Waals surface area contributed by atoms with Gasteiger partial charge in [-0.05, 0) is 53.1 Å². The Morgan fingerprint density at radius 1 is 1.25 bits per heavy atom. The number of carbonyl (C=O) groups excluding carboxylic acids is 1. The average Bonchev–Trinajstić information content (AvgIpc) is 2.45. The van der Waals surface area contributed by atoms with Gasteiger partial charge in [0.2, 0.25) is 5.91 Å². The van der Waals surface area contributed by atoms with Crippen LogP contribution in [0, 0.1) is 3.57 Å². The SMILES string of the molecule is O=C1CCCCCN1Cc1cccc(I)c1. The van der Waals surface area contributed by atoms with Crippen LogP contribution in [0.1, 0.15) is 31.2 Å². The summed E-state index contributed by atoms with van der Waals surface area (Å²) in [7, 11) is 0. The van der Waals surface area contributed by atoms with Crippen LogP contribution < -0.4 is 0 Å². The lowest BCUT2D eigenvalue weighted by Gasteiger charge is -2.20. The largest absolute Gasteiger partial charge is 0.338 e. The van der Waals surface area contributed by atoms with E-state index >= 15 is 0 Å². The van der Waals surface area contributed by atoms with Crippen LogP contribution in [0.4, 0.5) is 0 Å². The maximum absolute atomic E-state index is 11.8. The quantitative estimate of drug-likeness (QED) is 0.763. The van der Waals surface area contributed by atoms with Gasteiger partial charge in [-0.25, -0.2) is 0 Å². The molecule has 0 saturated carbocycles. The number of hydrogen-bond donors (Lipinski definition) is 0. The van der Waals surface area contributed by atoms with Gasteiger partial charge in [-0.15, -0.1) is 0 Å². The average molecular weight is 329 g/mol. The summed E-state index contributed by atoms with van der Waals surface area (Å²) < 4.78 is 1.23. The second-order valence-electron chi connectivity index (χ2n) is 4.26. The topological polar surface area (TPSA) is 20.3 Å². The fourth-order valence-corrected chi connectivity index (χ4v) is 2.67. The van der Waals surface area contributed by atoms with E-state index in [1.54, 1.807) is 0 Å². The van der Waals surface area contributed by atoms with Crippen LogP contribution in [-0.4, -0.2) is 17.4 Å². The monoisotopic (exact) mass is 329 g/mol. The van der Waals surface area contributed by atoms with E-state index in [4.69, 9.17) is 0 Å². The summed E-state index contributed by atoms with van der Waals surface area (Å²) in [4.78, 5) is 13.8. The predicted molar refractivity (Wildman–Crippen MR) is 73.0 cm³/mol. The number of nitrogens with zero attached hydrogens (tertiary/aromatic N) is 1. The van der Waals surface area contributed by atoms with Crippen molar-refractivity contribution in [2.45, 2.75) is 32.2 Å². The Balaban J connectivity index is 2.05. The number of hydrogen-bond acceptors (Lipinski definition) is 1. The molecule has 0 unspecified atom stereocenters. The highest BCUT2D eigenvalue weighted by molar-refractivity contribution is 14.1. The molecule has 1 aliphatic heterocycles. The van der Waals surface area contributed by atoms with Crippen LogP contribution >= 0.6 is 22.6 Å². The summed E-state index contributed by atoms with van der Waals surface area (Å²) in [5, 5.41) is 0. The molecule has 1 aliphatic rings. The number of halogens is 1. The predicted octanol–water partition coefficient (Wildman–Crippen LogP) is 3.19. The molecule has 2 rings (SSSR count). The zero-order valence-corrected chi connectivity index (χ0v) is 11.4. The van der Waals surface area contributed by atoms with Gasteiger partial charge in [0.15, 0.2) is 0 Å². The maximum atomic E-state index is 11.8. The third-order valence-corrected chi connectivity index (χ3v) is 3.60. The summed E-state index contributed by atoms with van der Waals surface area (Å²) >= 11 is 2.31. The van der Waals surface area contributed by atoms with Gasteiger partial charge >= 0.3 is 0 Å². The Bertz CT molecular complexity index is 378. The number of rotatable bonds is 2. The summed E-state index contributed by atoms with van der Waals surface area (Å²) in [6.07, 6.45) is 4.12. The molecule has 1 heterocycles. The Hall–Kier alpha value is -0.580. The van der Waals surface area contributed by atoms with Crippen molar-refractivity contribution in [2.75, 3.05) is 6.54 Å². The first kappa shape index (κ1) is 11.9. The van der Waals surface area contributed by atoms with Crippen molar-refractivity contribution >= 4 is 28.5 Å². The molecule has 1 fully saturated rings. The molecule has 0 aromatic heterocycles. The van der Waals surface area contributed by atoms with Crippen LogP contribution in [0.2, 0.25) is 0 Å². The third-order valence-electron chi connectivity index (χ3n) is 2.93. The molecular weight excluding hydrogens is 313 g/mol. The number of amides is 1. The third kappa shape index (κ3) is 3.20. The van der Waals surface area contributed by atoms with Crippen LogP contribution in [0.15, 0.2) is 24.3 Å². The van der Waals surface area contributed by atoms with Crippen LogP contribution in [-0.2, 0) is 11.3 Å². The van der Waals surface area contributed by atoms with E-state index in [0.717, 1.165) is 32.4 Å². The minimum Gasteiger partial charge on any atom is -0.338 e. The molecule has 2 nitrogen and oxygen atoms in total. The van der Waals surface area contributed by atoms with Gasteiger partial charge in [-0.2, -0.15) is 0 Å². The van der Waals surface area contributed by atoms with Crippen LogP contribution in [0.25, 0.3) is 0 Å². The summed E-state index contributed by atoms with van der Waals surface area (Å²) in [6.45, 7) is 1.69. The van der Waals surface area contributed by atoms with Gasteiger partial charge in [0.05, 0.1) is 0 Å². The zero-order chi connectivity index (χ0) is 11.4. The molecule has 0 aliphatic carbocycles. The standard InChI is InChI=1S/C13H16INO/c14-12-6-4-5-11(9-12)10-15-8-3-1-2-7-13(15)16/h4-6,9H,1-3,7-8,10H2. The Labute approximate surface area is 110 Å². The fourth-order valence-electron chi connectivity index (χ4n) is 2.06. The second-order valence-corrected chi connectivity index (χ2v) is 5.50. The van der Waals surface area contributed by atoms with Crippen molar-refractivity contribution < 1.29 is 4.79 Å².